The molecule has 2 heterocycles. The maximum Gasteiger partial charge on any atom is 0.234 e. The van der Waals surface area contributed by atoms with Gasteiger partial charge in [-0.2, -0.15) is 0 Å². The van der Waals surface area contributed by atoms with E-state index >= 15 is 0 Å². The number of ketones is 1. The number of rotatable bonds is 22. The first-order valence-corrected chi connectivity index (χ1v) is 18.2. The van der Waals surface area contributed by atoms with Crippen LogP contribution in [0.25, 0.3) is 0 Å². The van der Waals surface area contributed by atoms with Crippen molar-refractivity contribution in [1.29, 1.82) is 0 Å². The van der Waals surface area contributed by atoms with E-state index in [0.717, 1.165) is 25.1 Å². The number of amides is 3. The molecule has 2 saturated heterocycles. The summed E-state index contributed by atoms with van der Waals surface area (Å²) >= 11 is 0. The number of ether oxygens (including phenoxy) is 2. The Morgan fingerprint density at radius 2 is 1.52 bits per heavy atom. The van der Waals surface area contributed by atoms with E-state index in [1.54, 1.807) is 6.92 Å². The SMILES string of the molecule is CC(C)C[C@H](NC(=O)[C@@H](CCCC(NC[C@H](CCc1ccccc1)NC(=O)CN1CCOCC1)C(N)=O)Cc1ccccc1)C(=O)[C@@]1(C)CO1. The Balaban J connectivity index is 1.37. The Hall–Kier alpha value is -3.64. The maximum atomic E-state index is 13.8. The Labute approximate surface area is 297 Å². The summed E-state index contributed by atoms with van der Waals surface area (Å²) < 4.78 is 10.8. The maximum absolute atomic E-state index is 13.8. The summed E-state index contributed by atoms with van der Waals surface area (Å²) in [5, 5.41) is 9.57. The van der Waals surface area contributed by atoms with E-state index in [9.17, 15) is 19.2 Å². The van der Waals surface area contributed by atoms with Gasteiger partial charge in [-0.15, -0.1) is 0 Å². The van der Waals surface area contributed by atoms with Crippen LogP contribution in [0.1, 0.15) is 64.0 Å². The van der Waals surface area contributed by atoms with Crippen LogP contribution < -0.4 is 21.7 Å². The molecule has 11 heteroatoms. The quantitative estimate of drug-likeness (QED) is 0.138. The molecule has 5 atom stereocenters. The van der Waals surface area contributed by atoms with Crippen molar-refractivity contribution in [2.75, 3.05) is 46.0 Å². The second-order valence-electron chi connectivity index (χ2n) is 14.4. The highest BCUT2D eigenvalue weighted by Crippen LogP contribution is 2.30. The second-order valence-corrected chi connectivity index (χ2v) is 14.4. The summed E-state index contributed by atoms with van der Waals surface area (Å²) in [6.45, 7) is 9.55. The standard InChI is InChI=1S/C39H57N5O6/c1-28(2)23-34(36(46)39(3)27-50-39)43-38(48)31(24-30-13-8-5-9-14-30)15-10-16-33(37(40)47)41-25-32(18-17-29-11-6-4-7-12-29)42-35(45)26-44-19-21-49-22-20-44/h4-9,11-14,28,31-34,41H,10,15-27H2,1-3H3,(H2,40,47)(H,42,45)(H,43,48)/t31-,32-,33?,34-,39+/m0/s1. The van der Waals surface area contributed by atoms with Gasteiger partial charge in [0.15, 0.2) is 5.78 Å². The molecule has 0 aliphatic carbocycles. The van der Waals surface area contributed by atoms with Gasteiger partial charge in [0.25, 0.3) is 0 Å². The van der Waals surface area contributed by atoms with Crippen LogP contribution in [0.3, 0.4) is 0 Å². The van der Waals surface area contributed by atoms with E-state index in [-0.39, 0.29) is 29.6 Å². The molecule has 0 bridgehead atoms. The van der Waals surface area contributed by atoms with Crippen LogP contribution >= 0.6 is 0 Å². The van der Waals surface area contributed by atoms with Crippen molar-refractivity contribution in [2.45, 2.75) is 89.4 Å². The minimum Gasteiger partial charge on any atom is -0.379 e. The number of hydrogen-bond acceptors (Lipinski definition) is 8. The monoisotopic (exact) mass is 691 g/mol. The Morgan fingerprint density at radius 1 is 0.880 bits per heavy atom. The van der Waals surface area contributed by atoms with Gasteiger partial charge in [-0.25, -0.2) is 0 Å². The summed E-state index contributed by atoms with van der Waals surface area (Å²) in [6.07, 6.45) is 4.01. The molecule has 2 aromatic carbocycles. The number of carbonyl (C=O) groups is 4. The zero-order chi connectivity index (χ0) is 35.9. The third kappa shape index (κ3) is 13.2. The fourth-order valence-electron chi connectivity index (χ4n) is 6.48. The first kappa shape index (κ1) is 39.2. The van der Waals surface area contributed by atoms with Gasteiger partial charge in [-0.05, 0) is 62.5 Å². The van der Waals surface area contributed by atoms with Crippen LogP contribution in [0, 0.1) is 11.8 Å². The van der Waals surface area contributed by atoms with Crippen molar-refractivity contribution in [2.24, 2.45) is 17.6 Å². The number of nitrogens with two attached hydrogens (primary N) is 1. The van der Waals surface area contributed by atoms with Crippen LogP contribution in [0.15, 0.2) is 60.7 Å². The van der Waals surface area contributed by atoms with Crippen molar-refractivity contribution in [3.8, 4) is 0 Å². The Morgan fingerprint density at radius 3 is 2.12 bits per heavy atom. The molecule has 0 saturated carbocycles. The fourth-order valence-corrected chi connectivity index (χ4v) is 6.48. The number of hydrogen-bond donors (Lipinski definition) is 4. The van der Waals surface area contributed by atoms with Crippen molar-refractivity contribution in [1.82, 2.24) is 20.9 Å². The average molecular weight is 692 g/mol. The van der Waals surface area contributed by atoms with Gasteiger partial charge in [-0.3, -0.25) is 24.1 Å². The van der Waals surface area contributed by atoms with Gasteiger partial charge in [0.1, 0.15) is 5.60 Å². The third-order valence-corrected chi connectivity index (χ3v) is 9.59. The van der Waals surface area contributed by atoms with Crippen molar-refractivity contribution in [3.63, 3.8) is 0 Å². The highest BCUT2D eigenvalue weighted by molar-refractivity contribution is 5.96. The Bertz CT molecular complexity index is 1360. The van der Waals surface area contributed by atoms with Gasteiger partial charge in [-0.1, -0.05) is 80.9 Å². The number of nitrogens with one attached hydrogen (secondary N) is 3. The smallest absolute Gasteiger partial charge is 0.234 e. The highest BCUT2D eigenvalue weighted by atomic mass is 16.6. The zero-order valence-corrected chi connectivity index (χ0v) is 30.0. The average Bonchev–Trinajstić information content (AvgIpc) is 3.86. The fraction of sp³-hybridized carbons (Fsp3) is 0.590. The molecule has 2 aliphatic rings. The lowest BCUT2D eigenvalue weighted by atomic mass is 9.89. The zero-order valence-electron chi connectivity index (χ0n) is 30.0. The van der Waals surface area contributed by atoms with Crippen LogP contribution in [0.5, 0.6) is 0 Å². The van der Waals surface area contributed by atoms with Gasteiger partial charge >= 0.3 is 0 Å². The molecule has 0 radical (unpaired) electrons. The number of morpholine rings is 1. The van der Waals surface area contributed by atoms with Crippen LogP contribution in [-0.4, -0.2) is 98.1 Å². The van der Waals surface area contributed by atoms with E-state index in [0.29, 0.717) is 71.4 Å². The van der Waals surface area contributed by atoms with E-state index in [4.69, 9.17) is 15.2 Å². The molecule has 50 heavy (non-hydrogen) atoms. The Kier molecular flexibility index (Phi) is 15.4. The summed E-state index contributed by atoms with van der Waals surface area (Å²) in [7, 11) is 0. The minimum atomic E-state index is -0.830. The molecule has 2 aromatic rings. The normalized spacial score (nSPS) is 20.0. The molecular weight excluding hydrogens is 634 g/mol. The number of Topliss-reactive ketones (excluding diaryl/α,β-unsaturated/α-hetero) is 1. The summed E-state index contributed by atoms with van der Waals surface area (Å²) in [4.78, 5) is 54.8. The third-order valence-electron chi connectivity index (χ3n) is 9.59. The molecule has 5 N–H and O–H groups in total. The molecule has 2 fully saturated rings. The molecule has 11 nitrogen and oxygen atoms in total. The van der Waals surface area contributed by atoms with Crippen molar-refractivity contribution in [3.05, 3.63) is 71.8 Å². The van der Waals surface area contributed by atoms with Gasteiger partial charge < -0.3 is 31.2 Å². The highest BCUT2D eigenvalue weighted by Gasteiger charge is 2.50. The lowest BCUT2D eigenvalue weighted by Gasteiger charge is -2.28. The first-order chi connectivity index (χ1) is 24.0. The molecule has 274 valence electrons. The van der Waals surface area contributed by atoms with Crippen LogP contribution in [0.4, 0.5) is 0 Å². The summed E-state index contributed by atoms with van der Waals surface area (Å²) in [6, 6.07) is 18.4. The lowest BCUT2D eigenvalue weighted by Crippen LogP contribution is -2.51. The second kappa shape index (κ2) is 19.7. The van der Waals surface area contributed by atoms with E-state index in [1.165, 1.54) is 5.56 Å². The molecular formula is C39H57N5O6. The molecule has 2 aliphatic heterocycles. The molecule has 0 spiro atoms. The van der Waals surface area contributed by atoms with Crippen LogP contribution in [-0.2, 0) is 41.5 Å². The molecule has 0 aromatic heterocycles. The van der Waals surface area contributed by atoms with E-state index in [2.05, 4.69) is 33.0 Å². The lowest BCUT2D eigenvalue weighted by molar-refractivity contribution is -0.132. The number of primary amides is 1. The molecule has 4 rings (SSSR count). The molecule has 3 amide bonds. The number of epoxide rings is 1. The van der Waals surface area contributed by atoms with Gasteiger partial charge in [0, 0.05) is 31.6 Å². The summed E-state index contributed by atoms with van der Waals surface area (Å²) in [5.41, 5.74) is 7.23. The number of aryl methyl sites for hydroxylation is 1. The number of carbonyl (C=O) groups excluding carboxylic acids is 4. The number of nitrogens with zero attached hydrogens (tertiary/aromatic N) is 1. The van der Waals surface area contributed by atoms with Crippen molar-refractivity contribution >= 4 is 23.5 Å². The summed E-state index contributed by atoms with van der Waals surface area (Å²) in [5.74, 6) is -0.995. The van der Waals surface area contributed by atoms with Gasteiger partial charge in [0.2, 0.25) is 17.7 Å². The van der Waals surface area contributed by atoms with E-state index in [1.807, 2.05) is 62.4 Å². The van der Waals surface area contributed by atoms with Crippen LogP contribution in [0.2, 0.25) is 0 Å². The topological polar surface area (TPSA) is 155 Å². The predicted octanol–water partition coefficient (Wildman–Crippen LogP) is 2.80. The largest absolute Gasteiger partial charge is 0.379 e. The first-order valence-electron chi connectivity index (χ1n) is 18.2. The number of benzene rings is 2. The van der Waals surface area contributed by atoms with E-state index < -0.39 is 29.5 Å². The van der Waals surface area contributed by atoms with Gasteiger partial charge in [0.05, 0.1) is 38.4 Å². The predicted molar refractivity (Wildman–Crippen MR) is 193 cm³/mol. The molecule has 1 unspecified atom stereocenters. The van der Waals surface area contributed by atoms with Crippen molar-refractivity contribution < 1.29 is 28.7 Å². The minimum absolute atomic E-state index is 0.0614.